The van der Waals surface area contributed by atoms with Crippen molar-refractivity contribution >= 4 is 35.0 Å². The third kappa shape index (κ3) is 3.04. The summed E-state index contributed by atoms with van der Waals surface area (Å²) in [6.45, 7) is 2.30. The van der Waals surface area contributed by atoms with Crippen LogP contribution in [0.2, 0.25) is 5.02 Å². The number of phenolic OH excluding ortho intramolecular Hbond substituents is 2. The number of fused-ring (bicyclic) bond motifs is 4. The van der Waals surface area contributed by atoms with Gasteiger partial charge in [0.25, 0.3) is 0 Å². The maximum absolute atomic E-state index is 13.6. The van der Waals surface area contributed by atoms with Crippen molar-refractivity contribution in [3.63, 3.8) is 0 Å². The van der Waals surface area contributed by atoms with E-state index in [0.717, 1.165) is 6.42 Å². The molecule has 5 rings (SSSR count). The van der Waals surface area contributed by atoms with E-state index in [1.807, 2.05) is 6.92 Å². The Bertz CT molecular complexity index is 1180. The molecule has 172 valence electrons. The Morgan fingerprint density at radius 3 is 2.61 bits per heavy atom. The van der Waals surface area contributed by atoms with E-state index in [2.05, 4.69) is 10.6 Å². The second-order valence-corrected chi connectivity index (χ2v) is 9.29. The molecule has 0 radical (unpaired) electrons. The number of para-hydroxylation sites is 1. The Morgan fingerprint density at radius 2 is 1.88 bits per heavy atom. The quantitative estimate of drug-likeness (QED) is 0.394. The Kier molecular flexibility index (Phi) is 5.10. The summed E-state index contributed by atoms with van der Waals surface area (Å²) in [6, 6.07) is 9.04. The molecule has 33 heavy (non-hydrogen) atoms. The number of nitrogens with one attached hydrogen (secondary N) is 2. The SMILES string of the molecule is CCCCN1C(=O)[C@H]2[C@@H](C1=O)[C@]1(N[C@@H]2Cc2ccc(O)c(O)c2)C(=O)Nc2c(Cl)cccc21. The van der Waals surface area contributed by atoms with Crippen molar-refractivity contribution in [1.82, 2.24) is 10.2 Å². The Hall–Kier alpha value is -3.10. The van der Waals surface area contributed by atoms with E-state index in [4.69, 9.17) is 11.6 Å². The van der Waals surface area contributed by atoms with Gasteiger partial charge >= 0.3 is 0 Å². The van der Waals surface area contributed by atoms with Crippen LogP contribution in [0.5, 0.6) is 11.5 Å². The molecule has 1 spiro atoms. The van der Waals surface area contributed by atoms with Crippen LogP contribution in [-0.2, 0) is 26.3 Å². The number of anilines is 1. The van der Waals surface area contributed by atoms with Gasteiger partial charge in [-0.3, -0.25) is 24.6 Å². The molecule has 8 nitrogen and oxygen atoms in total. The molecular formula is C24H24ClN3O5. The average Bonchev–Trinajstić information content (AvgIpc) is 3.35. The van der Waals surface area contributed by atoms with E-state index in [-0.39, 0.29) is 29.7 Å². The predicted molar refractivity (Wildman–Crippen MR) is 121 cm³/mol. The molecule has 2 aromatic rings. The number of carbonyl (C=O) groups is 3. The fraction of sp³-hybridized carbons (Fsp3) is 0.375. The van der Waals surface area contributed by atoms with E-state index in [9.17, 15) is 24.6 Å². The lowest BCUT2D eigenvalue weighted by Crippen LogP contribution is -2.53. The summed E-state index contributed by atoms with van der Waals surface area (Å²) in [5.74, 6) is -3.23. The van der Waals surface area contributed by atoms with Crippen molar-refractivity contribution in [3.05, 3.63) is 52.5 Å². The van der Waals surface area contributed by atoms with Gasteiger partial charge in [0.1, 0.15) is 5.54 Å². The zero-order valence-corrected chi connectivity index (χ0v) is 18.7. The lowest BCUT2D eigenvalue weighted by Gasteiger charge is -2.29. The van der Waals surface area contributed by atoms with Crippen LogP contribution in [0.15, 0.2) is 36.4 Å². The predicted octanol–water partition coefficient (Wildman–Crippen LogP) is 2.51. The summed E-state index contributed by atoms with van der Waals surface area (Å²) in [5.41, 5.74) is 0.258. The first-order chi connectivity index (χ1) is 15.8. The van der Waals surface area contributed by atoms with Gasteiger partial charge in [0.15, 0.2) is 11.5 Å². The summed E-state index contributed by atoms with van der Waals surface area (Å²) < 4.78 is 0. The van der Waals surface area contributed by atoms with Crippen LogP contribution in [0.1, 0.15) is 30.9 Å². The summed E-state index contributed by atoms with van der Waals surface area (Å²) in [7, 11) is 0. The van der Waals surface area contributed by atoms with Gasteiger partial charge in [0.05, 0.1) is 22.5 Å². The van der Waals surface area contributed by atoms with Crippen LogP contribution in [0.3, 0.4) is 0 Å². The van der Waals surface area contributed by atoms with Gasteiger partial charge in [-0.25, -0.2) is 0 Å². The third-order valence-electron chi connectivity index (χ3n) is 7.02. The normalized spacial score (nSPS) is 27.9. The van der Waals surface area contributed by atoms with Gasteiger partial charge in [-0.2, -0.15) is 0 Å². The van der Waals surface area contributed by atoms with Gasteiger partial charge in [-0.15, -0.1) is 0 Å². The number of aromatic hydroxyl groups is 2. The minimum atomic E-state index is -1.41. The molecule has 3 aliphatic rings. The zero-order valence-electron chi connectivity index (χ0n) is 18.0. The highest BCUT2D eigenvalue weighted by Gasteiger charge is 2.70. The molecule has 4 atom stereocenters. The van der Waals surface area contributed by atoms with E-state index in [1.165, 1.54) is 17.0 Å². The lowest BCUT2D eigenvalue weighted by atomic mass is 9.76. The number of halogens is 1. The molecule has 9 heteroatoms. The maximum Gasteiger partial charge on any atom is 0.250 e. The average molecular weight is 470 g/mol. The van der Waals surface area contributed by atoms with Gasteiger partial charge in [0, 0.05) is 18.2 Å². The van der Waals surface area contributed by atoms with E-state index in [1.54, 1.807) is 24.3 Å². The van der Waals surface area contributed by atoms with Crippen molar-refractivity contribution in [1.29, 1.82) is 0 Å². The number of rotatable bonds is 5. The monoisotopic (exact) mass is 469 g/mol. The van der Waals surface area contributed by atoms with Crippen LogP contribution in [0, 0.1) is 11.8 Å². The lowest BCUT2D eigenvalue weighted by molar-refractivity contribution is -0.142. The molecule has 0 bridgehead atoms. The molecule has 0 aliphatic carbocycles. The number of benzene rings is 2. The molecule has 0 unspecified atom stereocenters. The molecule has 3 amide bonds. The van der Waals surface area contributed by atoms with Crippen molar-refractivity contribution < 1.29 is 24.6 Å². The molecular weight excluding hydrogens is 446 g/mol. The Morgan fingerprint density at radius 1 is 1.09 bits per heavy atom. The maximum atomic E-state index is 13.6. The molecule has 0 saturated carbocycles. The second-order valence-electron chi connectivity index (χ2n) is 8.89. The summed E-state index contributed by atoms with van der Waals surface area (Å²) >= 11 is 6.34. The molecule has 3 heterocycles. The zero-order chi connectivity index (χ0) is 23.5. The van der Waals surface area contributed by atoms with Gasteiger partial charge in [-0.05, 0) is 36.6 Å². The number of nitrogens with zero attached hydrogens (tertiary/aromatic N) is 1. The standard InChI is InChI=1S/C24H24ClN3O5/c1-2-3-9-28-21(31)18-15(10-12-7-8-16(29)17(30)11-12)27-24(19(18)22(28)32)13-5-4-6-14(25)20(13)26-23(24)33/h4-8,11,15,18-19,27,29-30H,2-3,9-10H2,1H3,(H,26,33)/t15-,18-,19+,24+/m1/s1. The molecule has 2 aromatic carbocycles. The number of carbonyl (C=O) groups excluding carboxylic acids is 3. The van der Waals surface area contributed by atoms with Crippen LogP contribution in [-0.4, -0.2) is 45.4 Å². The highest BCUT2D eigenvalue weighted by atomic mass is 35.5. The molecule has 3 aliphatic heterocycles. The van der Waals surface area contributed by atoms with Crippen LogP contribution < -0.4 is 10.6 Å². The fourth-order valence-electron chi connectivity index (χ4n) is 5.51. The Balaban J connectivity index is 1.61. The van der Waals surface area contributed by atoms with Crippen molar-refractivity contribution in [3.8, 4) is 11.5 Å². The third-order valence-corrected chi connectivity index (χ3v) is 7.34. The van der Waals surface area contributed by atoms with E-state index in [0.29, 0.717) is 34.8 Å². The first-order valence-electron chi connectivity index (χ1n) is 11.0. The number of imide groups is 1. The largest absolute Gasteiger partial charge is 0.504 e. The number of phenols is 2. The number of amides is 3. The number of hydrogen-bond acceptors (Lipinski definition) is 6. The summed E-state index contributed by atoms with van der Waals surface area (Å²) in [6.07, 6.45) is 1.79. The van der Waals surface area contributed by atoms with Crippen LogP contribution in [0.4, 0.5) is 5.69 Å². The molecule has 0 aromatic heterocycles. The second kappa shape index (κ2) is 7.74. The number of hydrogen-bond donors (Lipinski definition) is 4. The first-order valence-corrected chi connectivity index (χ1v) is 11.4. The van der Waals surface area contributed by atoms with E-state index >= 15 is 0 Å². The van der Waals surface area contributed by atoms with Gasteiger partial charge in [-0.1, -0.05) is 43.1 Å². The van der Waals surface area contributed by atoms with Crippen molar-refractivity contribution in [2.24, 2.45) is 11.8 Å². The summed E-state index contributed by atoms with van der Waals surface area (Å²) in [5, 5.41) is 26.1. The minimum absolute atomic E-state index is 0.246. The first kappa shape index (κ1) is 21.7. The fourth-order valence-corrected chi connectivity index (χ4v) is 5.74. The van der Waals surface area contributed by atoms with E-state index < -0.39 is 29.3 Å². The van der Waals surface area contributed by atoms with Gasteiger partial charge < -0.3 is 15.5 Å². The number of likely N-dealkylation sites (tertiary alicyclic amines) is 1. The highest BCUT2D eigenvalue weighted by Crippen LogP contribution is 2.54. The Labute approximate surface area is 195 Å². The summed E-state index contributed by atoms with van der Waals surface area (Å²) in [4.78, 5) is 41.8. The topological polar surface area (TPSA) is 119 Å². The van der Waals surface area contributed by atoms with Crippen LogP contribution >= 0.6 is 11.6 Å². The minimum Gasteiger partial charge on any atom is -0.504 e. The molecule has 2 fully saturated rings. The van der Waals surface area contributed by atoms with Crippen LogP contribution in [0.25, 0.3) is 0 Å². The number of unbranched alkanes of at least 4 members (excludes halogenated alkanes) is 1. The smallest absolute Gasteiger partial charge is 0.250 e. The van der Waals surface area contributed by atoms with Crippen molar-refractivity contribution in [2.45, 2.75) is 37.8 Å². The van der Waals surface area contributed by atoms with Crippen molar-refractivity contribution in [2.75, 3.05) is 11.9 Å². The highest BCUT2D eigenvalue weighted by molar-refractivity contribution is 6.35. The molecule has 2 saturated heterocycles. The van der Waals surface area contributed by atoms with Gasteiger partial charge in [0.2, 0.25) is 17.7 Å². The molecule has 4 N–H and O–H groups in total.